The lowest BCUT2D eigenvalue weighted by Gasteiger charge is -2.43. The summed E-state index contributed by atoms with van der Waals surface area (Å²) in [6.07, 6.45) is 3.95. The van der Waals surface area contributed by atoms with Crippen molar-refractivity contribution in [3.8, 4) is 0 Å². The molecule has 24 heavy (non-hydrogen) atoms. The number of nitrogens with one attached hydrogen (secondary N) is 1. The van der Waals surface area contributed by atoms with Gasteiger partial charge in [-0.3, -0.25) is 9.69 Å². The van der Waals surface area contributed by atoms with E-state index in [1.165, 1.54) is 0 Å². The molecule has 3 rings (SSSR count). The summed E-state index contributed by atoms with van der Waals surface area (Å²) in [5.74, 6) is 0.641. The molecule has 134 valence electrons. The lowest BCUT2D eigenvalue weighted by molar-refractivity contribution is -0.104. The molecule has 0 unspecified atom stereocenters. The minimum absolute atomic E-state index is 0.0519. The number of aromatic amines is 1. The zero-order valence-corrected chi connectivity index (χ0v) is 14.5. The molecule has 1 saturated heterocycles. The molecule has 1 aliphatic heterocycles. The highest BCUT2D eigenvalue weighted by Crippen LogP contribution is 2.43. The second-order valence-electron chi connectivity index (χ2n) is 6.82. The second kappa shape index (κ2) is 7.31. The van der Waals surface area contributed by atoms with Gasteiger partial charge in [0.25, 0.3) is 5.56 Å². The molecule has 1 aromatic heterocycles. The van der Waals surface area contributed by atoms with E-state index in [1.807, 2.05) is 0 Å². The van der Waals surface area contributed by atoms with Crippen LogP contribution in [0.3, 0.4) is 0 Å². The van der Waals surface area contributed by atoms with Gasteiger partial charge in [0.1, 0.15) is 5.82 Å². The highest BCUT2D eigenvalue weighted by molar-refractivity contribution is 5.09. The molecular weight excluding hydrogens is 310 g/mol. The van der Waals surface area contributed by atoms with Crippen molar-refractivity contribution in [2.24, 2.45) is 0 Å². The van der Waals surface area contributed by atoms with Gasteiger partial charge < -0.3 is 19.6 Å². The van der Waals surface area contributed by atoms with Crippen LogP contribution >= 0.6 is 0 Å². The van der Waals surface area contributed by atoms with Crippen LogP contribution in [0.25, 0.3) is 0 Å². The first-order valence-electron chi connectivity index (χ1n) is 8.65. The molecule has 0 bridgehead atoms. The van der Waals surface area contributed by atoms with Crippen LogP contribution in [0.5, 0.6) is 0 Å². The van der Waals surface area contributed by atoms with Crippen molar-refractivity contribution in [2.45, 2.75) is 56.9 Å². The standard InChI is InChI=1S/C17H27N3O4/c1-12-18-13(9-16(22)19-12)11-20-6-5-17(23-2)4-3-14(10-15(17)20)24-8-7-21/h9,14-15,21H,3-8,10-11H2,1-2H3,(H,18,19,22)/t14-,15-,17+/m0/s1. The van der Waals surface area contributed by atoms with Crippen molar-refractivity contribution in [3.05, 3.63) is 27.9 Å². The van der Waals surface area contributed by atoms with Crippen molar-refractivity contribution in [1.29, 1.82) is 0 Å². The lowest BCUT2D eigenvalue weighted by atomic mass is 9.79. The van der Waals surface area contributed by atoms with E-state index in [2.05, 4.69) is 14.9 Å². The summed E-state index contributed by atoms with van der Waals surface area (Å²) in [6.45, 7) is 3.81. The largest absolute Gasteiger partial charge is 0.394 e. The molecule has 0 aromatic carbocycles. The second-order valence-corrected chi connectivity index (χ2v) is 6.82. The first kappa shape index (κ1) is 17.5. The highest BCUT2D eigenvalue weighted by atomic mass is 16.5. The molecule has 0 spiro atoms. The molecule has 1 aromatic rings. The number of nitrogens with zero attached hydrogens (tertiary/aromatic N) is 2. The average Bonchev–Trinajstić information content (AvgIpc) is 2.90. The van der Waals surface area contributed by atoms with Gasteiger partial charge in [-0.2, -0.15) is 0 Å². The number of methoxy groups -OCH3 is 1. The number of likely N-dealkylation sites (tertiary alicyclic amines) is 1. The first-order valence-corrected chi connectivity index (χ1v) is 8.65. The fraction of sp³-hybridized carbons (Fsp3) is 0.765. The molecule has 2 aliphatic rings. The summed E-state index contributed by atoms with van der Waals surface area (Å²) in [6, 6.07) is 1.82. The summed E-state index contributed by atoms with van der Waals surface area (Å²) in [5.41, 5.74) is 0.555. The van der Waals surface area contributed by atoms with Crippen molar-refractivity contribution < 1.29 is 14.6 Å². The minimum atomic E-state index is -0.130. The Hall–Kier alpha value is -1.28. The molecule has 2 heterocycles. The third-order valence-electron chi connectivity index (χ3n) is 5.38. The van der Waals surface area contributed by atoms with Crippen LogP contribution in [0.1, 0.15) is 37.2 Å². The van der Waals surface area contributed by atoms with E-state index in [-0.39, 0.29) is 29.9 Å². The third-order valence-corrected chi connectivity index (χ3v) is 5.38. The number of aryl methyl sites for hydroxylation is 1. The van der Waals surface area contributed by atoms with Crippen molar-refractivity contribution in [1.82, 2.24) is 14.9 Å². The predicted octanol–water partition coefficient (Wildman–Crippen LogP) is 0.599. The number of rotatable bonds is 6. The quantitative estimate of drug-likeness (QED) is 0.790. The lowest BCUT2D eigenvalue weighted by Crippen LogP contribution is -2.51. The van der Waals surface area contributed by atoms with Gasteiger partial charge in [-0.25, -0.2) is 4.98 Å². The number of hydrogen-bond acceptors (Lipinski definition) is 6. The highest BCUT2D eigenvalue weighted by Gasteiger charge is 2.51. The van der Waals surface area contributed by atoms with Crippen LogP contribution in [-0.4, -0.2) is 64.6 Å². The topological polar surface area (TPSA) is 87.7 Å². The molecule has 7 heteroatoms. The number of aromatic nitrogens is 2. The van der Waals surface area contributed by atoms with Gasteiger partial charge >= 0.3 is 0 Å². The average molecular weight is 337 g/mol. The Morgan fingerprint density at radius 3 is 3.04 bits per heavy atom. The Bertz CT molecular complexity index is 620. The van der Waals surface area contributed by atoms with Crippen LogP contribution in [-0.2, 0) is 16.0 Å². The maximum atomic E-state index is 11.7. The van der Waals surface area contributed by atoms with Crippen LogP contribution in [0.15, 0.2) is 10.9 Å². The molecule has 2 N–H and O–H groups in total. The third kappa shape index (κ3) is 3.54. The molecule has 1 aliphatic carbocycles. The number of fused-ring (bicyclic) bond motifs is 1. The normalized spacial score (nSPS) is 30.5. The van der Waals surface area contributed by atoms with Crippen molar-refractivity contribution in [3.63, 3.8) is 0 Å². The van der Waals surface area contributed by atoms with Gasteiger partial charge in [-0.15, -0.1) is 0 Å². The van der Waals surface area contributed by atoms with Gasteiger partial charge in [0.05, 0.1) is 30.6 Å². The number of aliphatic hydroxyl groups excluding tert-OH is 1. The summed E-state index contributed by atoms with van der Waals surface area (Å²) in [4.78, 5) is 21.2. The van der Waals surface area contributed by atoms with E-state index in [9.17, 15) is 4.79 Å². The van der Waals surface area contributed by atoms with Crippen LogP contribution < -0.4 is 5.56 Å². The number of H-pyrrole nitrogens is 1. The smallest absolute Gasteiger partial charge is 0.251 e. The maximum Gasteiger partial charge on any atom is 0.251 e. The fourth-order valence-electron chi connectivity index (χ4n) is 4.25. The molecule has 0 radical (unpaired) electrons. The van der Waals surface area contributed by atoms with Crippen LogP contribution in [0, 0.1) is 6.92 Å². The van der Waals surface area contributed by atoms with E-state index in [1.54, 1.807) is 20.1 Å². The van der Waals surface area contributed by atoms with E-state index in [0.717, 1.165) is 37.9 Å². The minimum Gasteiger partial charge on any atom is -0.394 e. The molecular formula is C17H27N3O4. The van der Waals surface area contributed by atoms with Crippen LogP contribution in [0.4, 0.5) is 0 Å². The summed E-state index contributed by atoms with van der Waals surface area (Å²) >= 11 is 0. The Morgan fingerprint density at radius 2 is 2.33 bits per heavy atom. The summed E-state index contributed by atoms with van der Waals surface area (Å²) < 4.78 is 11.7. The fourth-order valence-corrected chi connectivity index (χ4v) is 4.25. The van der Waals surface area contributed by atoms with E-state index in [4.69, 9.17) is 14.6 Å². The molecule has 7 nitrogen and oxygen atoms in total. The van der Waals surface area contributed by atoms with Gasteiger partial charge in [0, 0.05) is 32.3 Å². The summed E-state index contributed by atoms with van der Waals surface area (Å²) in [7, 11) is 1.79. The number of hydrogen-bond donors (Lipinski definition) is 2. The van der Waals surface area contributed by atoms with Crippen molar-refractivity contribution in [2.75, 3.05) is 26.9 Å². The number of ether oxygens (including phenoxy) is 2. The SMILES string of the molecule is CO[C@@]12CC[C@H](OCCO)C[C@@H]1N(Cc1cc(=O)[nH]c(C)n1)CC2. The van der Waals surface area contributed by atoms with Gasteiger partial charge in [0.2, 0.25) is 0 Å². The van der Waals surface area contributed by atoms with E-state index in [0.29, 0.717) is 19.0 Å². The molecule has 2 fully saturated rings. The summed E-state index contributed by atoms with van der Waals surface area (Å²) in [5, 5.41) is 8.98. The van der Waals surface area contributed by atoms with Crippen LogP contribution in [0.2, 0.25) is 0 Å². The van der Waals surface area contributed by atoms with Gasteiger partial charge in [-0.1, -0.05) is 0 Å². The van der Waals surface area contributed by atoms with Crippen molar-refractivity contribution >= 4 is 0 Å². The maximum absolute atomic E-state index is 11.7. The number of aliphatic hydroxyl groups is 1. The predicted molar refractivity (Wildman–Crippen MR) is 88.8 cm³/mol. The molecule has 0 amide bonds. The zero-order valence-electron chi connectivity index (χ0n) is 14.5. The Labute approximate surface area is 142 Å². The first-order chi connectivity index (χ1) is 11.6. The Kier molecular flexibility index (Phi) is 5.34. The molecule has 3 atom stereocenters. The molecule has 1 saturated carbocycles. The van der Waals surface area contributed by atoms with E-state index < -0.39 is 0 Å². The van der Waals surface area contributed by atoms with Gasteiger partial charge in [0.15, 0.2) is 0 Å². The van der Waals surface area contributed by atoms with Gasteiger partial charge in [-0.05, 0) is 32.6 Å². The Balaban J connectivity index is 1.74. The monoisotopic (exact) mass is 337 g/mol. The van der Waals surface area contributed by atoms with E-state index >= 15 is 0 Å². The zero-order chi connectivity index (χ0) is 17.2. The Morgan fingerprint density at radius 1 is 1.50 bits per heavy atom.